The van der Waals surface area contributed by atoms with Gasteiger partial charge < -0.3 is 9.80 Å². The number of halogens is 1. The van der Waals surface area contributed by atoms with Crippen molar-refractivity contribution >= 4 is 34.5 Å². The minimum atomic E-state index is 0.0138. The van der Waals surface area contributed by atoms with Gasteiger partial charge >= 0.3 is 0 Å². The van der Waals surface area contributed by atoms with Crippen molar-refractivity contribution in [3.05, 3.63) is 65.4 Å². The standard InChI is InChI=1S/C25H26ClN7O/c1-31(2)25-27-14-20(17-9-11-19(26)12-10-17)24(28-25)18-6-5-13-32(15-18)23(34)16-33-29-21-7-3-4-8-22(21)30-33/h3-4,7-12,14,18H,5-6,13,15-16H2,1-2H3. The topological polar surface area (TPSA) is 80.0 Å². The van der Waals surface area contributed by atoms with E-state index >= 15 is 0 Å². The number of nitrogens with zero attached hydrogens (tertiary/aromatic N) is 7. The van der Waals surface area contributed by atoms with E-state index in [0.717, 1.165) is 47.2 Å². The molecule has 174 valence electrons. The zero-order chi connectivity index (χ0) is 23.7. The summed E-state index contributed by atoms with van der Waals surface area (Å²) in [5, 5.41) is 9.56. The van der Waals surface area contributed by atoms with E-state index in [1.807, 2.05) is 78.6 Å². The molecule has 0 bridgehead atoms. The molecule has 0 saturated carbocycles. The molecule has 9 heteroatoms. The van der Waals surface area contributed by atoms with Crippen LogP contribution in [0.3, 0.4) is 0 Å². The lowest BCUT2D eigenvalue weighted by molar-refractivity contribution is -0.133. The Morgan fingerprint density at radius 3 is 2.47 bits per heavy atom. The highest BCUT2D eigenvalue weighted by atomic mass is 35.5. The molecule has 1 fully saturated rings. The molecule has 2 aromatic carbocycles. The molecule has 8 nitrogen and oxygen atoms in total. The van der Waals surface area contributed by atoms with Gasteiger partial charge in [0.15, 0.2) is 0 Å². The Bertz CT molecular complexity index is 1290. The number of benzene rings is 2. The van der Waals surface area contributed by atoms with Crippen LogP contribution in [0.5, 0.6) is 0 Å². The third-order valence-corrected chi connectivity index (χ3v) is 6.38. The molecule has 4 aromatic rings. The highest BCUT2D eigenvalue weighted by Gasteiger charge is 2.28. The second kappa shape index (κ2) is 9.38. The monoisotopic (exact) mass is 475 g/mol. The van der Waals surface area contributed by atoms with Gasteiger partial charge in [-0.3, -0.25) is 4.79 Å². The van der Waals surface area contributed by atoms with E-state index < -0.39 is 0 Å². The Balaban J connectivity index is 1.40. The minimum Gasteiger partial charge on any atom is -0.347 e. The predicted octanol–water partition coefficient (Wildman–Crippen LogP) is 4.01. The molecule has 1 aliphatic rings. The summed E-state index contributed by atoms with van der Waals surface area (Å²) >= 11 is 6.11. The Labute approximate surface area is 203 Å². The number of anilines is 1. The number of rotatable bonds is 5. The first-order chi connectivity index (χ1) is 16.5. The minimum absolute atomic E-state index is 0.0138. The average Bonchev–Trinajstić information content (AvgIpc) is 3.26. The molecular weight excluding hydrogens is 450 g/mol. The van der Waals surface area contributed by atoms with Crippen LogP contribution >= 0.6 is 11.6 Å². The van der Waals surface area contributed by atoms with Crippen LogP contribution in [0.25, 0.3) is 22.2 Å². The summed E-state index contributed by atoms with van der Waals surface area (Å²) in [4.78, 5) is 27.9. The number of amides is 1. The van der Waals surface area contributed by atoms with Gasteiger partial charge in [0.1, 0.15) is 17.6 Å². The molecule has 1 aliphatic heterocycles. The van der Waals surface area contributed by atoms with Crippen molar-refractivity contribution < 1.29 is 4.79 Å². The lowest BCUT2D eigenvalue weighted by Crippen LogP contribution is -2.41. The maximum absolute atomic E-state index is 13.2. The summed E-state index contributed by atoms with van der Waals surface area (Å²) in [5.41, 5.74) is 4.52. The third kappa shape index (κ3) is 4.59. The molecule has 1 saturated heterocycles. The molecule has 1 amide bonds. The fourth-order valence-electron chi connectivity index (χ4n) is 4.39. The molecule has 1 atom stereocenters. The molecule has 0 N–H and O–H groups in total. The number of carbonyl (C=O) groups excluding carboxylic acids is 1. The smallest absolute Gasteiger partial charge is 0.246 e. The Morgan fingerprint density at radius 2 is 1.79 bits per heavy atom. The first-order valence-corrected chi connectivity index (χ1v) is 11.7. The van der Waals surface area contributed by atoms with Crippen molar-refractivity contribution in [3.63, 3.8) is 0 Å². The number of piperidine rings is 1. The van der Waals surface area contributed by atoms with Crippen LogP contribution in [0.4, 0.5) is 5.95 Å². The number of likely N-dealkylation sites (tertiary alicyclic amines) is 1. The SMILES string of the molecule is CN(C)c1ncc(-c2ccc(Cl)cc2)c(C2CCCN(C(=O)Cn3nc4ccccc4n3)C2)n1. The number of aromatic nitrogens is 5. The van der Waals surface area contributed by atoms with Crippen LogP contribution in [-0.2, 0) is 11.3 Å². The van der Waals surface area contributed by atoms with Gasteiger partial charge in [-0.05, 0) is 42.7 Å². The molecule has 1 unspecified atom stereocenters. The summed E-state index contributed by atoms with van der Waals surface area (Å²) in [6, 6.07) is 15.3. The van der Waals surface area contributed by atoms with Gasteiger partial charge in [-0.2, -0.15) is 15.0 Å². The number of hydrogen-bond donors (Lipinski definition) is 0. The summed E-state index contributed by atoms with van der Waals surface area (Å²) in [7, 11) is 3.86. The van der Waals surface area contributed by atoms with Gasteiger partial charge in [0.2, 0.25) is 11.9 Å². The van der Waals surface area contributed by atoms with E-state index in [-0.39, 0.29) is 18.4 Å². The van der Waals surface area contributed by atoms with E-state index in [0.29, 0.717) is 17.5 Å². The lowest BCUT2D eigenvalue weighted by atomic mass is 9.90. The highest BCUT2D eigenvalue weighted by Crippen LogP contribution is 2.34. The van der Waals surface area contributed by atoms with Gasteiger partial charge in [-0.15, -0.1) is 0 Å². The van der Waals surface area contributed by atoms with E-state index in [2.05, 4.69) is 15.2 Å². The second-order valence-electron chi connectivity index (χ2n) is 8.77. The summed E-state index contributed by atoms with van der Waals surface area (Å²) in [6.45, 7) is 1.44. The summed E-state index contributed by atoms with van der Waals surface area (Å²) in [5.74, 6) is 0.776. The Hall–Kier alpha value is -3.52. The first kappa shape index (κ1) is 22.3. The van der Waals surface area contributed by atoms with Crippen molar-refractivity contribution in [1.29, 1.82) is 0 Å². The Morgan fingerprint density at radius 1 is 1.09 bits per heavy atom. The zero-order valence-corrected chi connectivity index (χ0v) is 20.0. The van der Waals surface area contributed by atoms with Gasteiger partial charge in [-0.1, -0.05) is 35.9 Å². The van der Waals surface area contributed by atoms with Gasteiger partial charge in [0.05, 0.1) is 5.69 Å². The van der Waals surface area contributed by atoms with Crippen LogP contribution in [-0.4, -0.2) is 63.0 Å². The zero-order valence-electron chi connectivity index (χ0n) is 19.2. The normalized spacial score (nSPS) is 16.1. The van der Waals surface area contributed by atoms with Crippen molar-refractivity contribution in [2.75, 3.05) is 32.1 Å². The highest BCUT2D eigenvalue weighted by molar-refractivity contribution is 6.30. The van der Waals surface area contributed by atoms with E-state index in [1.54, 1.807) is 0 Å². The van der Waals surface area contributed by atoms with Crippen molar-refractivity contribution in [2.45, 2.75) is 25.3 Å². The Kier molecular flexibility index (Phi) is 6.15. The number of hydrogen-bond acceptors (Lipinski definition) is 6. The van der Waals surface area contributed by atoms with E-state index in [4.69, 9.17) is 16.6 Å². The van der Waals surface area contributed by atoms with Crippen LogP contribution in [0.15, 0.2) is 54.7 Å². The fraction of sp³-hybridized carbons (Fsp3) is 0.320. The van der Waals surface area contributed by atoms with Gasteiger partial charge in [0.25, 0.3) is 0 Å². The maximum atomic E-state index is 13.2. The number of fused-ring (bicyclic) bond motifs is 1. The summed E-state index contributed by atoms with van der Waals surface area (Å²) in [6.07, 6.45) is 3.74. The largest absolute Gasteiger partial charge is 0.347 e. The van der Waals surface area contributed by atoms with Crippen molar-refractivity contribution in [2.24, 2.45) is 0 Å². The van der Waals surface area contributed by atoms with Gasteiger partial charge in [0, 0.05) is 49.9 Å². The quantitative estimate of drug-likeness (QED) is 0.434. The first-order valence-electron chi connectivity index (χ1n) is 11.4. The fourth-order valence-corrected chi connectivity index (χ4v) is 4.51. The van der Waals surface area contributed by atoms with Gasteiger partial charge in [-0.25, -0.2) is 9.97 Å². The summed E-state index contributed by atoms with van der Waals surface area (Å²) < 4.78 is 0. The average molecular weight is 476 g/mol. The second-order valence-corrected chi connectivity index (χ2v) is 9.20. The van der Waals surface area contributed by atoms with Crippen LogP contribution in [0, 0.1) is 0 Å². The van der Waals surface area contributed by atoms with Crippen molar-refractivity contribution in [3.8, 4) is 11.1 Å². The molecule has 0 aliphatic carbocycles. The molecule has 3 heterocycles. The van der Waals surface area contributed by atoms with E-state index in [9.17, 15) is 4.79 Å². The molecule has 0 radical (unpaired) electrons. The molecule has 2 aromatic heterocycles. The lowest BCUT2D eigenvalue weighted by Gasteiger charge is -2.33. The number of carbonyl (C=O) groups is 1. The van der Waals surface area contributed by atoms with Crippen LogP contribution in [0.1, 0.15) is 24.5 Å². The third-order valence-electron chi connectivity index (χ3n) is 6.13. The molecule has 0 spiro atoms. The molecular formula is C25H26ClN7O. The maximum Gasteiger partial charge on any atom is 0.246 e. The molecule has 34 heavy (non-hydrogen) atoms. The van der Waals surface area contributed by atoms with Crippen LogP contribution < -0.4 is 4.90 Å². The van der Waals surface area contributed by atoms with Crippen molar-refractivity contribution in [1.82, 2.24) is 29.9 Å². The predicted molar refractivity (Wildman–Crippen MR) is 133 cm³/mol. The molecule has 5 rings (SSSR count). The van der Waals surface area contributed by atoms with E-state index in [1.165, 1.54) is 4.80 Å². The van der Waals surface area contributed by atoms with Crippen LogP contribution in [0.2, 0.25) is 5.02 Å².